The number of benzene rings is 2. The molecule has 0 fully saturated rings. The molecule has 2 heterocycles. The van der Waals surface area contributed by atoms with Crippen LogP contribution in [0.5, 0.6) is 0 Å². The minimum atomic E-state index is 0.518. The first-order valence-electron chi connectivity index (χ1n) is 9.51. The number of aromatic nitrogens is 3. The van der Waals surface area contributed by atoms with Crippen molar-refractivity contribution in [1.29, 1.82) is 0 Å². The smallest absolute Gasteiger partial charge is 0.163 e. The zero-order valence-electron chi connectivity index (χ0n) is 16.1. The standard InChI is InChI=1S/C22H20Cl2N6/c23-14-6-8-16(18(24)12-14)22-29-19-5-2-1-4-17(19)21(30-22)27-11-3-10-26-20-9-7-15(25)13-28-20/h1-2,4-9,12-13H,3,10-11,25H2,(H,26,28)(H,27,29,30). The summed E-state index contributed by atoms with van der Waals surface area (Å²) in [6, 6.07) is 16.9. The fourth-order valence-corrected chi connectivity index (χ4v) is 3.52. The van der Waals surface area contributed by atoms with E-state index in [0.717, 1.165) is 47.6 Å². The second kappa shape index (κ2) is 9.15. The van der Waals surface area contributed by atoms with Crippen LogP contribution in [0.25, 0.3) is 22.3 Å². The van der Waals surface area contributed by atoms with Crippen molar-refractivity contribution in [2.45, 2.75) is 6.42 Å². The molecule has 0 aliphatic heterocycles. The molecule has 0 amide bonds. The number of nitrogens with zero attached hydrogens (tertiary/aromatic N) is 3. The monoisotopic (exact) mass is 438 g/mol. The lowest BCUT2D eigenvalue weighted by Gasteiger charge is -2.12. The summed E-state index contributed by atoms with van der Waals surface area (Å²) >= 11 is 12.4. The summed E-state index contributed by atoms with van der Waals surface area (Å²) < 4.78 is 0. The van der Waals surface area contributed by atoms with Gasteiger partial charge in [-0.1, -0.05) is 35.3 Å². The molecule has 2 aromatic carbocycles. The molecule has 30 heavy (non-hydrogen) atoms. The lowest BCUT2D eigenvalue weighted by Crippen LogP contribution is -2.11. The van der Waals surface area contributed by atoms with Gasteiger partial charge in [-0.25, -0.2) is 15.0 Å². The summed E-state index contributed by atoms with van der Waals surface area (Å²) in [7, 11) is 0. The number of nitrogens with one attached hydrogen (secondary N) is 2. The van der Waals surface area contributed by atoms with Crippen molar-refractivity contribution in [2.75, 3.05) is 29.5 Å². The van der Waals surface area contributed by atoms with Gasteiger partial charge in [0.1, 0.15) is 11.6 Å². The SMILES string of the molecule is Nc1ccc(NCCCNc2nc(-c3ccc(Cl)cc3Cl)nc3ccccc23)nc1. The highest BCUT2D eigenvalue weighted by Gasteiger charge is 2.12. The molecule has 2 aromatic heterocycles. The molecule has 0 saturated carbocycles. The predicted octanol–water partition coefficient (Wildman–Crippen LogP) is 5.49. The normalized spacial score (nSPS) is 10.9. The highest BCUT2D eigenvalue weighted by atomic mass is 35.5. The molecule has 4 aromatic rings. The van der Waals surface area contributed by atoms with E-state index in [9.17, 15) is 0 Å². The van der Waals surface area contributed by atoms with Crippen LogP contribution < -0.4 is 16.4 Å². The van der Waals surface area contributed by atoms with Crippen molar-refractivity contribution >= 4 is 51.4 Å². The molecule has 0 radical (unpaired) electrons. The Bertz CT molecular complexity index is 1160. The van der Waals surface area contributed by atoms with E-state index in [2.05, 4.69) is 20.6 Å². The van der Waals surface area contributed by atoms with Crippen LogP contribution in [-0.4, -0.2) is 28.0 Å². The summed E-state index contributed by atoms with van der Waals surface area (Å²) in [5, 5.41) is 8.75. The van der Waals surface area contributed by atoms with Gasteiger partial charge in [-0.15, -0.1) is 0 Å². The Morgan fingerprint density at radius 3 is 2.53 bits per heavy atom. The summed E-state index contributed by atoms with van der Waals surface area (Å²) in [5.74, 6) is 2.13. The van der Waals surface area contributed by atoms with Crippen LogP contribution in [0.2, 0.25) is 10.0 Å². The Balaban J connectivity index is 1.49. The Morgan fingerprint density at radius 2 is 1.73 bits per heavy atom. The van der Waals surface area contributed by atoms with Crippen molar-refractivity contribution in [3.63, 3.8) is 0 Å². The molecular weight excluding hydrogens is 419 g/mol. The summed E-state index contributed by atoms with van der Waals surface area (Å²) in [6.07, 6.45) is 2.51. The van der Waals surface area contributed by atoms with Gasteiger partial charge >= 0.3 is 0 Å². The van der Waals surface area contributed by atoms with E-state index in [4.69, 9.17) is 33.9 Å². The maximum atomic E-state index is 6.37. The number of rotatable bonds is 7. The van der Waals surface area contributed by atoms with Gasteiger partial charge in [0.15, 0.2) is 5.82 Å². The number of hydrogen-bond acceptors (Lipinski definition) is 6. The van der Waals surface area contributed by atoms with Crippen molar-refractivity contribution in [3.05, 3.63) is 70.8 Å². The third kappa shape index (κ3) is 4.72. The molecule has 8 heteroatoms. The first-order chi connectivity index (χ1) is 14.6. The van der Waals surface area contributed by atoms with Crippen LogP contribution in [0.1, 0.15) is 6.42 Å². The molecule has 0 unspecified atom stereocenters. The van der Waals surface area contributed by atoms with E-state index in [-0.39, 0.29) is 0 Å². The van der Waals surface area contributed by atoms with Gasteiger partial charge in [0, 0.05) is 29.1 Å². The van der Waals surface area contributed by atoms with Crippen molar-refractivity contribution in [1.82, 2.24) is 15.0 Å². The Kier molecular flexibility index (Phi) is 6.16. The maximum absolute atomic E-state index is 6.37. The minimum absolute atomic E-state index is 0.518. The van der Waals surface area contributed by atoms with E-state index < -0.39 is 0 Å². The van der Waals surface area contributed by atoms with Gasteiger partial charge in [-0.3, -0.25) is 0 Å². The number of anilines is 3. The number of nitrogens with two attached hydrogens (primary N) is 1. The maximum Gasteiger partial charge on any atom is 0.163 e. The predicted molar refractivity (Wildman–Crippen MR) is 125 cm³/mol. The van der Waals surface area contributed by atoms with Crippen LogP contribution >= 0.6 is 23.2 Å². The molecule has 0 bridgehead atoms. The number of hydrogen-bond donors (Lipinski definition) is 3. The van der Waals surface area contributed by atoms with E-state index in [0.29, 0.717) is 21.6 Å². The second-order valence-corrected chi connectivity index (χ2v) is 7.56. The van der Waals surface area contributed by atoms with E-state index >= 15 is 0 Å². The van der Waals surface area contributed by atoms with Gasteiger partial charge in [-0.2, -0.15) is 0 Å². The number of para-hydroxylation sites is 1. The number of pyridine rings is 1. The van der Waals surface area contributed by atoms with E-state index in [1.165, 1.54) is 0 Å². The van der Waals surface area contributed by atoms with Crippen molar-refractivity contribution in [3.8, 4) is 11.4 Å². The molecule has 0 atom stereocenters. The average Bonchev–Trinajstić information content (AvgIpc) is 2.74. The zero-order chi connectivity index (χ0) is 20.9. The Labute approximate surface area is 184 Å². The molecule has 6 nitrogen and oxygen atoms in total. The molecule has 4 N–H and O–H groups in total. The van der Waals surface area contributed by atoms with Crippen LogP contribution in [0.15, 0.2) is 60.8 Å². The third-order valence-electron chi connectivity index (χ3n) is 4.51. The molecule has 4 rings (SSSR count). The zero-order valence-corrected chi connectivity index (χ0v) is 17.6. The van der Waals surface area contributed by atoms with E-state index in [1.54, 1.807) is 18.3 Å². The highest BCUT2D eigenvalue weighted by Crippen LogP contribution is 2.31. The molecule has 0 aliphatic carbocycles. The van der Waals surface area contributed by atoms with E-state index in [1.807, 2.05) is 42.5 Å². The van der Waals surface area contributed by atoms with Crippen LogP contribution in [0, 0.1) is 0 Å². The first-order valence-corrected chi connectivity index (χ1v) is 10.3. The number of nitrogen functional groups attached to an aromatic ring is 1. The quantitative estimate of drug-likeness (QED) is 0.330. The van der Waals surface area contributed by atoms with Crippen LogP contribution in [0.4, 0.5) is 17.3 Å². The fourth-order valence-electron chi connectivity index (χ4n) is 3.02. The molecular formula is C22H20Cl2N6. The average molecular weight is 439 g/mol. The first kappa shape index (κ1) is 20.2. The Hall–Kier alpha value is -3.09. The van der Waals surface area contributed by atoms with Crippen LogP contribution in [0.3, 0.4) is 0 Å². The second-order valence-electron chi connectivity index (χ2n) is 6.72. The van der Waals surface area contributed by atoms with Gasteiger partial charge < -0.3 is 16.4 Å². The molecule has 152 valence electrons. The number of halogens is 2. The summed E-state index contributed by atoms with van der Waals surface area (Å²) in [4.78, 5) is 13.6. The Morgan fingerprint density at radius 1 is 0.900 bits per heavy atom. The molecule has 0 saturated heterocycles. The van der Waals surface area contributed by atoms with Crippen LogP contribution in [-0.2, 0) is 0 Å². The van der Waals surface area contributed by atoms with Gasteiger partial charge in [-0.05, 0) is 48.9 Å². The number of fused-ring (bicyclic) bond motifs is 1. The van der Waals surface area contributed by atoms with Gasteiger partial charge in [0.25, 0.3) is 0 Å². The lowest BCUT2D eigenvalue weighted by molar-refractivity contribution is 0.899. The summed E-state index contributed by atoms with van der Waals surface area (Å²) in [5.41, 5.74) is 7.89. The van der Waals surface area contributed by atoms with Gasteiger partial charge in [0.2, 0.25) is 0 Å². The fraction of sp³-hybridized carbons (Fsp3) is 0.136. The highest BCUT2D eigenvalue weighted by molar-refractivity contribution is 6.36. The lowest BCUT2D eigenvalue weighted by atomic mass is 10.1. The summed E-state index contributed by atoms with van der Waals surface area (Å²) in [6.45, 7) is 1.50. The largest absolute Gasteiger partial charge is 0.397 e. The molecule has 0 aliphatic rings. The topological polar surface area (TPSA) is 88.8 Å². The van der Waals surface area contributed by atoms with Crippen molar-refractivity contribution in [2.24, 2.45) is 0 Å². The van der Waals surface area contributed by atoms with Gasteiger partial charge in [0.05, 0.1) is 22.4 Å². The van der Waals surface area contributed by atoms with Crippen molar-refractivity contribution < 1.29 is 0 Å². The third-order valence-corrected chi connectivity index (χ3v) is 5.06. The minimum Gasteiger partial charge on any atom is -0.397 e. The molecule has 0 spiro atoms.